The molecule has 2 heterocycles. The summed E-state index contributed by atoms with van der Waals surface area (Å²) in [7, 11) is 0. The zero-order valence-corrected chi connectivity index (χ0v) is 12.6. The summed E-state index contributed by atoms with van der Waals surface area (Å²) in [5.74, 6) is 1.06. The maximum atomic E-state index is 12.2. The lowest BCUT2D eigenvalue weighted by Gasteiger charge is -2.19. The van der Waals surface area contributed by atoms with Gasteiger partial charge in [-0.1, -0.05) is 20.8 Å². The van der Waals surface area contributed by atoms with Crippen molar-refractivity contribution in [3.05, 3.63) is 47.5 Å². The fraction of sp³-hybridized carbons (Fsp3) is 0.375. The molecule has 21 heavy (non-hydrogen) atoms. The summed E-state index contributed by atoms with van der Waals surface area (Å²) in [5, 5.41) is 2.86. The molecule has 0 unspecified atom stereocenters. The first-order chi connectivity index (χ1) is 9.86. The molecule has 0 atom stereocenters. The molecule has 1 amide bonds. The lowest BCUT2D eigenvalue weighted by Crippen LogP contribution is -2.26. The number of nitrogens with two attached hydrogens (primary N) is 1. The van der Waals surface area contributed by atoms with E-state index in [2.05, 4.69) is 10.3 Å². The van der Waals surface area contributed by atoms with Crippen LogP contribution in [0.2, 0.25) is 0 Å². The summed E-state index contributed by atoms with van der Waals surface area (Å²) in [5.41, 5.74) is 6.98. The van der Waals surface area contributed by atoms with Crippen LogP contribution >= 0.6 is 0 Å². The number of rotatable bonds is 4. The molecule has 0 aliphatic rings. The predicted molar refractivity (Wildman–Crippen MR) is 82.1 cm³/mol. The van der Waals surface area contributed by atoms with E-state index in [0.717, 1.165) is 11.5 Å². The Morgan fingerprint density at radius 2 is 2.14 bits per heavy atom. The largest absolute Gasteiger partial charge is 0.469 e. The van der Waals surface area contributed by atoms with Gasteiger partial charge < -0.3 is 15.5 Å². The van der Waals surface area contributed by atoms with Gasteiger partial charge in [0.15, 0.2) is 0 Å². The molecule has 0 bridgehead atoms. The molecule has 3 N–H and O–H groups in total. The molecule has 0 saturated carbocycles. The fourth-order valence-corrected chi connectivity index (χ4v) is 1.92. The number of aromatic nitrogens is 1. The van der Waals surface area contributed by atoms with Gasteiger partial charge in [-0.2, -0.15) is 0 Å². The monoisotopic (exact) mass is 287 g/mol. The van der Waals surface area contributed by atoms with E-state index in [0.29, 0.717) is 24.3 Å². The molecule has 0 aliphatic carbocycles. The van der Waals surface area contributed by atoms with Crippen molar-refractivity contribution in [3.63, 3.8) is 0 Å². The van der Waals surface area contributed by atoms with Gasteiger partial charge in [-0.15, -0.1) is 0 Å². The van der Waals surface area contributed by atoms with E-state index in [1.54, 1.807) is 18.4 Å². The third-order valence-electron chi connectivity index (χ3n) is 3.11. The standard InChI is InChI=1S/C16H21N3O2/c1-16(2,3)13-9-11(10-14(17)19-13)15(20)18-7-6-12-5-4-8-21-12/h4-5,8-10H,6-7H2,1-3H3,(H2,17,19)(H,18,20). The molecule has 2 rings (SSSR count). The van der Waals surface area contributed by atoms with Gasteiger partial charge in [0.05, 0.1) is 6.26 Å². The number of nitrogens with one attached hydrogen (secondary N) is 1. The number of carbonyl (C=O) groups is 1. The van der Waals surface area contributed by atoms with Crippen LogP contribution in [0.1, 0.15) is 42.6 Å². The first-order valence-electron chi connectivity index (χ1n) is 6.95. The average Bonchev–Trinajstić information content (AvgIpc) is 2.90. The van der Waals surface area contributed by atoms with E-state index < -0.39 is 0 Å². The minimum Gasteiger partial charge on any atom is -0.469 e. The van der Waals surface area contributed by atoms with Crippen LogP contribution < -0.4 is 11.1 Å². The quantitative estimate of drug-likeness (QED) is 0.905. The van der Waals surface area contributed by atoms with Gasteiger partial charge >= 0.3 is 0 Å². The smallest absolute Gasteiger partial charge is 0.251 e. The predicted octanol–water partition coefficient (Wildman–Crippen LogP) is 2.53. The van der Waals surface area contributed by atoms with Crippen molar-refractivity contribution in [1.29, 1.82) is 0 Å². The number of hydrogen-bond acceptors (Lipinski definition) is 4. The summed E-state index contributed by atoms with van der Waals surface area (Å²) in [4.78, 5) is 16.5. The number of amides is 1. The van der Waals surface area contributed by atoms with Crippen molar-refractivity contribution in [1.82, 2.24) is 10.3 Å². The van der Waals surface area contributed by atoms with E-state index in [-0.39, 0.29) is 11.3 Å². The molecule has 0 fully saturated rings. The van der Waals surface area contributed by atoms with Gasteiger partial charge in [0, 0.05) is 29.6 Å². The zero-order chi connectivity index (χ0) is 15.5. The van der Waals surface area contributed by atoms with Gasteiger partial charge in [0.1, 0.15) is 11.6 Å². The Balaban J connectivity index is 2.03. The molecule has 5 nitrogen and oxygen atoms in total. The van der Waals surface area contributed by atoms with Crippen molar-refractivity contribution in [2.75, 3.05) is 12.3 Å². The Bertz CT molecular complexity index is 613. The van der Waals surface area contributed by atoms with Gasteiger partial charge in [-0.3, -0.25) is 4.79 Å². The highest BCUT2D eigenvalue weighted by Crippen LogP contribution is 2.22. The highest BCUT2D eigenvalue weighted by Gasteiger charge is 2.18. The van der Waals surface area contributed by atoms with Crippen LogP contribution in [0.5, 0.6) is 0 Å². The second-order valence-corrected chi connectivity index (χ2v) is 6.00. The van der Waals surface area contributed by atoms with Gasteiger partial charge in [-0.05, 0) is 24.3 Å². The van der Waals surface area contributed by atoms with E-state index in [1.807, 2.05) is 32.9 Å². The van der Waals surface area contributed by atoms with Crippen molar-refractivity contribution in [2.24, 2.45) is 0 Å². The second-order valence-electron chi connectivity index (χ2n) is 6.00. The van der Waals surface area contributed by atoms with Gasteiger partial charge in [-0.25, -0.2) is 4.98 Å². The number of pyridine rings is 1. The third kappa shape index (κ3) is 4.08. The summed E-state index contributed by atoms with van der Waals surface area (Å²) < 4.78 is 5.22. The van der Waals surface area contributed by atoms with Crippen molar-refractivity contribution < 1.29 is 9.21 Å². The minimum atomic E-state index is -0.154. The van der Waals surface area contributed by atoms with Crippen molar-refractivity contribution in [3.8, 4) is 0 Å². The zero-order valence-electron chi connectivity index (χ0n) is 12.6. The van der Waals surface area contributed by atoms with Crippen LogP contribution in [0, 0.1) is 0 Å². The number of anilines is 1. The second kappa shape index (κ2) is 5.99. The molecule has 0 aliphatic heterocycles. The molecular formula is C16H21N3O2. The van der Waals surface area contributed by atoms with E-state index in [1.165, 1.54) is 0 Å². The number of hydrogen-bond donors (Lipinski definition) is 2. The first-order valence-corrected chi connectivity index (χ1v) is 6.95. The van der Waals surface area contributed by atoms with E-state index in [4.69, 9.17) is 10.2 Å². The summed E-state index contributed by atoms with van der Waals surface area (Å²) in [6.07, 6.45) is 2.28. The van der Waals surface area contributed by atoms with E-state index in [9.17, 15) is 4.79 Å². The van der Waals surface area contributed by atoms with Crippen molar-refractivity contribution in [2.45, 2.75) is 32.6 Å². The highest BCUT2D eigenvalue weighted by molar-refractivity contribution is 5.94. The van der Waals surface area contributed by atoms with E-state index >= 15 is 0 Å². The molecular weight excluding hydrogens is 266 g/mol. The SMILES string of the molecule is CC(C)(C)c1cc(C(=O)NCCc2ccco2)cc(N)n1. The van der Waals surface area contributed by atoms with Crippen LogP contribution in [-0.2, 0) is 11.8 Å². The minimum absolute atomic E-state index is 0.152. The molecule has 112 valence electrons. The fourth-order valence-electron chi connectivity index (χ4n) is 1.92. The van der Waals surface area contributed by atoms with Gasteiger partial charge in [0.25, 0.3) is 5.91 Å². The molecule has 0 spiro atoms. The van der Waals surface area contributed by atoms with Crippen LogP contribution in [0.4, 0.5) is 5.82 Å². The normalized spacial score (nSPS) is 11.4. The maximum absolute atomic E-state index is 12.2. The molecule has 0 aromatic carbocycles. The lowest BCUT2D eigenvalue weighted by molar-refractivity contribution is 0.0953. The number of nitrogens with zero attached hydrogens (tertiary/aromatic N) is 1. The van der Waals surface area contributed by atoms with Gasteiger partial charge in [0.2, 0.25) is 0 Å². The Kier molecular flexibility index (Phi) is 4.31. The number of carbonyl (C=O) groups excluding carboxylic acids is 1. The number of furan rings is 1. The molecule has 0 radical (unpaired) electrons. The van der Waals surface area contributed by atoms with Crippen LogP contribution in [0.25, 0.3) is 0 Å². The third-order valence-corrected chi connectivity index (χ3v) is 3.11. The Morgan fingerprint density at radius 1 is 1.38 bits per heavy atom. The van der Waals surface area contributed by atoms with Crippen molar-refractivity contribution >= 4 is 11.7 Å². The first kappa shape index (κ1) is 15.1. The average molecular weight is 287 g/mol. The summed E-state index contributed by atoms with van der Waals surface area (Å²) in [6.45, 7) is 6.62. The summed E-state index contributed by atoms with van der Waals surface area (Å²) in [6, 6.07) is 7.10. The molecule has 5 heteroatoms. The Hall–Kier alpha value is -2.30. The molecule has 2 aromatic heterocycles. The van der Waals surface area contributed by atoms with Crippen LogP contribution in [0.3, 0.4) is 0 Å². The highest BCUT2D eigenvalue weighted by atomic mass is 16.3. The lowest BCUT2D eigenvalue weighted by atomic mass is 9.90. The number of nitrogen functional groups attached to an aromatic ring is 1. The van der Waals surface area contributed by atoms with Crippen LogP contribution in [0.15, 0.2) is 34.9 Å². The maximum Gasteiger partial charge on any atom is 0.251 e. The topological polar surface area (TPSA) is 81.2 Å². The van der Waals surface area contributed by atoms with Crippen LogP contribution in [-0.4, -0.2) is 17.4 Å². The Morgan fingerprint density at radius 3 is 2.76 bits per heavy atom. The molecule has 0 saturated heterocycles. The summed E-state index contributed by atoms with van der Waals surface area (Å²) >= 11 is 0. The Labute approximate surface area is 124 Å². The molecule has 2 aromatic rings.